The lowest BCUT2D eigenvalue weighted by atomic mass is 9.96. The normalized spacial score (nSPS) is 11.7. The van der Waals surface area contributed by atoms with Crippen LogP contribution in [0.15, 0.2) is 41.5 Å². The number of nitrogens with one attached hydrogen (secondary N) is 1. The molecule has 0 saturated carbocycles. The highest BCUT2D eigenvalue weighted by atomic mass is 32.1. The van der Waals surface area contributed by atoms with Crippen LogP contribution in [0.5, 0.6) is 5.75 Å². The van der Waals surface area contributed by atoms with Crippen LogP contribution >= 0.6 is 12.2 Å². The van der Waals surface area contributed by atoms with Crippen molar-refractivity contribution in [2.75, 3.05) is 0 Å². The van der Waals surface area contributed by atoms with Crippen LogP contribution in [0.1, 0.15) is 76.7 Å². The van der Waals surface area contributed by atoms with Crippen molar-refractivity contribution in [3.05, 3.63) is 42.0 Å². The highest BCUT2D eigenvalue weighted by molar-refractivity contribution is 7.80. The van der Waals surface area contributed by atoms with Crippen molar-refractivity contribution < 1.29 is 5.11 Å². The maximum Gasteiger partial charge on any atom is 0.184 e. The van der Waals surface area contributed by atoms with E-state index in [4.69, 9.17) is 18.0 Å². The van der Waals surface area contributed by atoms with Gasteiger partial charge in [0.2, 0.25) is 0 Å². The molecular formula is C23H33N3OS. The summed E-state index contributed by atoms with van der Waals surface area (Å²) in [6.45, 7) is 2.25. The molecule has 2 aromatic rings. The zero-order valence-corrected chi connectivity index (χ0v) is 17.7. The largest absolute Gasteiger partial charge is 0.507 e. The van der Waals surface area contributed by atoms with Gasteiger partial charge in [0.1, 0.15) is 5.75 Å². The van der Waals surface area contributed by atoms with Gasteiger partial charge in [-0.05, 0) is 41.9 Å². The van der Waals surface area contributed by atoms with E-state index in [0.717, 1.165) is 41.3 Å². The van der Waals surface area contributed by atoms with Crippen molar-refractivity contribution in [2.24, 2.45) is 10.8 Å². The number of nitrogens with two attached hydrogens (primary N) is 1. The lowest BCUT2D eigenvalue weighted by molar-refractivity contribution is 0.474. The van der Waals surface area contributed by atoms with Crippen molar-refractivity contribution in [3.8, 4) is 5.75 Å². The second-order valence-electron chi connectivity index (χ2n) is 7.29. The average molecular weight is 400 g/mol. The van der Waals surface area contributed by atoms with Crippen LogP contribution in [0.4, 0.5) is 0 Å². The Bertz CT molecular complexity index is 789. The molecule has 0 fully saturated rings. The number of thiocarbonyl (C=S) groups is 1. The van der Waals surface area contributed by atoms with Crippen LogP contribution in [0.25, 0.3) is 10.8 Å². The lowest BCUT2D eigenvalue weighted by Gasteiger charge is -2.13. The fraction of sp³-hybridized carbons (Fsp3) is 0.478. The first-order valence-corrected chi connectivity index (χ1v) is 10.9. The number of phenols is 1. The number of nitrogens with zero attached hydrogens (tertiary/aromatic N) is 1. The Morgan fingerprint density at radius 1 is 0.964 bits per heavy atom. The lowest BCUT2D eigenvalue weighted by Crippen LogP contribution is -2.25. The number of benzene rings is 2. The first kappa shape index (κ1) is 22.2. The number of unbranched alkanes of at least 4 members (excludes halogenated alkanes) is 8. The van der Waals surface area contributed by atoms with Crippen molar-refractivity contribution in [3.63, 3.8) is 0 Å². The Morgan fingerprint density at radius 2 is 1.61 bits per heavy atom. The standard InChI is InChI=1S/C23H33N3OS/c1-2-3-4-5-6-7-8-9-10-15-20(25-26-23(24)28)22-19-14-12-11-13-18(19)16-17-21(22)27/h11-14,16-17,27H,2-10,15H2,1H3,(H3,24,26,28)/b25-20+. The molecule has 28 heavy (non-hydrogen) atoms. The Balaban J connectivity index is 1.99. The average Bonchev–Trinajstić information content (AvgIpc) is 2.69. The second-order valence-corrected chi connectivity index (χ2v) is 7.73. The number of hydrogen-bond donors (Lipinski definition) is 3. The first-order chi connectivity index (χ1) is 13.6. The predicted molar refractivity (Wildman–Crippen MR) is 124 cm³/mol. The van der Waals surface area contributed by atoms with Crippen LogP contribution in [-0.4, -0.2) is 15.9 Å². The molecule has 0 aliphatic rings. The van der Waals surface area contributed by atoms with Crippen LogP contribution in [0, 0.1) is 0 Å². The molecule has 0 radical (unpaired) electrons. The summed E-state index contributed by atoms with van der Waals surface area (Å²) in [5.74, 6) is 0.234. The van der Waals surface area contributed by atoms with E-state index in [-0.39, 0.29) is 10.9 Å². The zero-order valence-electron chi connectivity index (χ0n) is 16.9. The summed E-state index contributed by atoms with van der Waals surface area (Å²) < 4.78 is 0. The minimum atomic E-state index is 0.129. The van der Waals surface area contributed by atoms with E-state index in [9.17, 15) is 5.11 Å². The van der Waals surface area contributed by atoms with E-state index in [0.29, 0.717) is 0 Å². The topological polar surface area (TPSA) is 70.6 Å². The summed E-state index contributed by atoms with van der Waals surface area (Å²) in [7, 11) is 0. The Kier molecular flexibility index (Phi) is 9.77. The molecule has 0 heterocycles. The summed E-state index contributed by atoms with van der Waals surface area (Å²) in [5.41, 5.74) is 9.83. The number of phenolic OH excluding ortho intramolecular Hbond substituents is 1. The molecule has 2 rings (SSSR count). The summed E-state index contributed by atoms with van der Waals surface area (Å²) in [5, 5.41) is 17.1. The molecule has 0 amide bonds. The molecule has 152 valence electrons. The maximum absolute atomic E-state index is 10.5. The third-order valence-corrected chi connectivity index (χ3v) is 5.11. The van der Waals surface area contributed by atoms with Gasteiger partial charge in [-0.1, -0.05) is 88.6 Å². The summed E-state index contributed by atoms with van der Waals surface area (Å²) in [4.78, 5) is 0. The second kappa shape index (κ2) is 12.3. The summed E-state index contributed by atoms with van der Waals surface area (Å²) in [6.07, 6.45) is 12.2. The smallest absolute Gasteiger partial charge is 0.184 e. The van der Waals surface area contributed by atoms with Gasteiger partial charge in [0.25, 0.3) is 0 Å². The van der Waals surface area contributed by atoms with Gasteiger partial charge in [-0.25, -0.2) is 0 Å². The molecule has 4 nitrogen and oxygen atoms in total. The van der Waals surface area contributed by atoms with Crippen molar-refractivity contribution >= 4 is 33.8 Å². The van der Waals surface area contributed by atoms with Crippen LogP contribution in [0.3, 0.4) is 0 Å². The first-order valence-electron chi connectivity index (χ1n) is 10.5. The van der Waals surface area contributed by atoms with Gasteiger partial charge >= 0.3 is 0 Å². The van der Waals surface area contributed by atoms with Crippen LogP contribution in [0.2, 0.25) is 0 Å². The minimum Gasteiger partial charge on any atom is -0.507 e. The molecule has 2 aromatic carbocycles. The van der Waals surface area contributed by atoms with E-state index < -0.39 is 0 Å². The number of hydrogen-bond acceptors (Lipinski definition) is 3. The quantitative estimate of drug-likeness (QED) is 0.177. The summed E-state index contributed by atoms with van der Waals surface area (Å²) >= 11 is 4.90. The maximum atomic E-state index is 10.5. The number of aromatic hydroxyl groups is 1. The fourth-order valence-corrected chi connectivity index (χ4v) is 3.57. The molecule has 0 aromatic heterocycles. The molecule has 4 N–H and O–H groups in total. The zero-order chi connectivity index (χ0) is 20.2. The van der Waals surface area contributed by atoms with Crippen molar-refractivity contribution in [2.45, 2.75) is 71.1 Å². The van der Waals surface area contributed by atoms with Gasteiger partial charge in [-0.2, -0.15) is 5.10 Å². The monoisotopic (exact) mass is 399 g/mol. The minimum absolute atomic E-state index is 0.129. The molecule has 0 spiro atoms. The van der Waals surface area contributed by atoms with E-state index in [2.05, 4.69) is 17.5 Å². The molecule has 5 heteroatoms. The van der Waals surface area contributed by atoms with Gasteiger partial charge < -0.3 is 10.8 Å². The van der Waals surface area contributed by atoms with Gasteiger partial charge in [0.15, 0.2) is 5.11 Å². The molecule has 0 atom stereocenters. The molecular weight excluding hydrogens is 366 g/mol. The molecule has 0 bridgehead atoms. The van der Waals surface area contributed by atoms with Crippen molar-refractivity contribution in [1.82, 2.24) is 5.43 Å². The Hall–Kier alpha value is -2.14. The highest BCUT2D eigenvalue weighted by Gasteiger charge is 2.14. The van der Waals surface area contributed by atoms with Crippen molar-refractivity contribution in [1.29, 1.82) is 0 Å². The molecule has 0 aliphatic heterocycles. The van der Waals surface area contributed by atoms with Gasteiger partial charge in [-0.3, -0.25) is 5.43 Å². The van der Waals surface area contributed by atoms with Gasteiger partial charge in [0.05, 0.1) is 5.71 Å². The Labute approximate surface area is 174 Å². The van der Waals surface area contributed by atoms with Gasteiger partial charge in [0, 0.05) is 5.56 Å². The van der Waals surface area contributed by atoms with Crippen LogP contribution < -0.4 is 11.2 Å². The number of hydrazone groups is 1. The SMILES string of the molecule is CCCCCCCCCCC/C(=N\NC(N)=S)c1c(O)ccc2ccccc12. The third-order valence-electron chi connectivity index (χ3n) is 5.01. The fourth-order valence-electron chi connectivity index (χ4n) is 3.53. The highest BCUT2D eigenvalue weighted by Crippen LogP contribution is 2.29. The van der Waals surface area contributed by atoms with Gasteiger partial charge in [-0.15, -0.1) is 0 Å². The van der Waals surface area contributed by atoms with E-state index in [1.54, 1.807) is 6.07 Å². The third kappa shape index (κ3) is 7.12. The number of rotatable bonds is 12. The molecule has 0 unspecified atom stereocenters. The molecule has 0 aliphatic carbocycles. The van der Waals surface area contributed by atoms with Crippen LogP contribution in [-0.2, 0) is 0 Å². The number of fused-ring (bicyclic) bond motifs is 1. The molecule has 0 saturated heterocycles. The van der Waals surface area contributed by atoms with E-state index in [1.165, 1.54) is 44.9 Å². The summed E-state index contributed by atoms with van der Waals surface area (Å²) in [6, 6.07) is 11.7. The van der Waals surface area contributed by atoms with E-state index >= 15 is 0 Å². The Morgan fingerprint density at radius 3 is 2.29 bits per heavy atom. The van der Waals surface area contributed by atoms with E-state index in [1.807, 2.05) is 30.3 Å². The predicted octanol–water partition coefficient (Wildman–Crippen LogP) is 6.00.